The zero-order valence-electron chi connectivity index (χ0n) is 25.0. The Morgan fingerprint density at radius 2 is 1.60 bits per heavy atom. The number of allylic oxidation sites excluding steroid dienone is 2. The fraction of sp³-hybridized carbons (Fsp3) is 0.281. The van der Waals surface area contributed by atoms with Crippen molar-refractivity contribution in [2.24, 2.45) is 0 Å². The van der Waals surface area contributed by atoms with Crippen molar-refractivity contribution in [3.63, 3.8) is 0 Å². The number of aliphatic carboxylic acids is 1. The van der Waals surface area contributed by atoms with Crippen LogP contribution in [-0.2, 0) is 14.6 Å². The van der Waals surface area contributed by atoms with E-state index in [0.29, 0.717) is 17.4 Å². The molecule has 0 fully saturated rings. The number of nitrogens with one attached hydrogen (secondary N) is 3. The summed E-state index contributed by atoms with van der Waals surface area (Å²) in [6.07, 6.45) is 0.114. The van der Waals surface area contributed by atoms with Crippen LogP contribution in [0.25, 0.3) is 5.57 Å². The molecule has 4 rings (SSSR count). The molecule has 3 aromatic rings. The summed E-state index contributed by atoms with van der Waals surface area (Å²) in [6, 6.07) is 14.6. The molecule has 250 valence electrons. The first-order valence-corrected chi connectivity index (χ1v) is 16.3. The second-order valence-corrected chi connectivity index (χ2v) is 12.8. The Labute approximate surface area is 268 Å². The number of aliphatic hydroxyl groups is 1. The molecule has 0 radical (unpaired) electrons. The van der Waals surface area contributed by atoms with Crippen LogP contribution in [0.1, 0.15) is 58.8 Å². The number of urea groups is 1. The van der Waals surface area contributed by atoms with Crippen LogP contribution in [0.2, 0.25) is 0 Å². The largest absolute Gasteiger partial charge is 0.573 e. The molecule has 3 aromatic carbocycles. The lowest BCUT2D eigenvalue weighted by atomic mass is 9.91. The van der Waals surface area contributed by atoms with Gasteiger partial charge in [-0.3, -0.25) is 4.79 Å². The lowest BCUT2D eigenvalue weighted by Crippen LogP contribution is -2.36. The van der Waals surface area contributed by atoms with E-state index >= 15 is 0 Å². The topological polar surface area (TPSA) is 171 Å². The Morgan fingerprint density at radius 3 is 2.15 bits per heavy atom. The van der Waals surface area contributed by atoms with Gasteiger partial charge in [0.15, 0.2) is 15.9 Å². The van der Waals surface area contributed by atoms with Crippen molar-refractivity contribution < 1.29 is 50.9 Å². The lowest BCUT2D eigenvalue weighted by Gasteiger charge is -2.22. The van der Waals surface area contributed by atoms with Crippen LogP contribution in [0.5, 0.6) is 5.75 Å². The number of rotatable bonds is 11. The maximum atomic E-state index is 13.2. The minimum Gasteiger partial charge on any atom is -0.479 e. The summed E-state index contributed by atoms with van der Waals surface area (Å²) in [5.41, 5.74) is 3.45. The van der Waals surface area contributed by atoms with Gasteiger partial charge in [0.2, 0.25) is 0 Å². The summed E-state index contributed by atoms with van der Waals surface area (Å²) in [4.78, 5) is 35.7. The zero-order valence-corrected chi connectivity index (χ0v) is 25.8. The number of alkyl halides is 3. The highest BCUT2D eigenvalue weighted by Gasteiger charge is 2.33. The first kappa shape index (κ1) is 35.0. The average molecular weight is 676 g/mol. The molecule has 0 heterocycles. The van der Waals surface area contributed by atoms with Crippen molar-refractivity contribution in [3.8, 4) is 5.75 Å². The van der Waals surface area contributed by atoms with E-state index < -0.39 is 63.4 Å². The number of carbonyl (C=O) groups is 3. The van der Waals surface area contributed by atoms with Gasteiger partial charge < -0.3 is 30.9 Å². The summed E-state index contributed by atoms with van der Waals surface area (Å²) in [7, 11) is -4.19. The second kappa shape index (κ2) is 14.7. The molecule has 0 aliphatic heterocycles. The van der Waals surface area contributed by atoms with E-state index in [1.807, 2.05) is 24.3 Å². The van der Waals surface area contributed by atoms with Crippen molar-refractivity contribution in [1.29, 1.82) is 0 Å². The van der Waals surface area contributed by atoms with Crippen molar-refractivity contribution in [3.05, 3.63) is 95.1 Å². The van der Waals surface area contributed by atoms with E-state index in [1.54, 1.807) is 12.1 Å². The molecule has 0 bridgehead atoms. The van der Waals surface area contributed by atoms with Crippen LogP contribution in [0.15, 0.2) is 77.7 Å². The third-order valence-electron chi connectivity index (χ3n) is 7.26. The molecule has 1 aliphatic rings. The van der Waals surface area contributed by atoms with Gasteiger partial charge >= 0.3 is 18.4 Å². The van der Waals surface area contributed by atoms with Crippen molar-refractivity contribution in [1.82, 2.24) is 10.6 Å². The van der Waals surface area contributed by atoms with E-state index in [9.17, 15) is 41.1 Å². The summed E-state index contributed by atoms with van der Waals surface area (Å²) in [6.45, 7) is -0.507. The van der Waals surface area contributed by atoms with Crippen LogP contribution in [0.4, 0.5) is 23.7 Å². The Bertz CT molecular complexity index is 1760. The average Bonchev–Trinajstić information content (AvgIpc) is 3.02. The first-order chi connectivity index (χ1) is 22.1. The number of hydrogen-bond donors (Lipinski definition) is 5. The van der Waals surface area contributed by atoms with Crippen molar-refractivity contribution in [2.75, 3.05) is 18.1 Å². The Balaban J connectivity index is 1.59. The number of amides is 3. The van der Waals surface area contributed by atoms with Crippen LogP contribution < -0.4 is 20.7 Å². The van der Waals surface area contributed by atoms with E-state index in [0.717, 1.165) is 49.4 Å². The molecule has 1 aliphatic carbocycles. The highest BCUT2D eigenvalue weighted by atomic mass is 32.2. The van der Waals surface area contributed by atoms with Gasteiger partial charge in [-0.05, 0) is 78.3 Å². The van der Waals surface area contributed by atoms with Gasteiger partial charge in [-0.15, -0.1) is 13.2 Å². The number of benzene rings is 3. The van der Waals surface area contributed by atoms with Crippen molar-refractivity contribution in [2.45, 2.75) is 49.1 Å². The predicted molar refractivity (Wildman–Crippen MR) is 166 cm³/mol. The molecule has 3 amide bonds. The SMILES string of the molecule is CS(=O)(=O)c1cc(NC(=O)NC(c2ccc(C(=O)NC[C@@H](O)C(=O)O)cc2)c2ccc(C3=CCCCC3)cc2)ccc1OC(F)(F)F. The Kier molecular flexibility index (Phi) is 10.9. The third kappa shape index (κ3) is 9.80. The number of sulfone groups is 1. The van der Waals surface area contributed by atoms with Gasteiger partial charge in [0.1, 0.15) is 10.6 Å². The summed E-state index contributed by atoms with van der Waals surface area (Å²) in [5, 5.41) is 25.8. The summed E-state index contributed by atoms with van der Waals surface area (Å²) >= 11 is 0. The zero-order chi connectivity index (χ0) is 34.4. The van der Waals surface area contributed by atoms with Gasteiger partial charge in [0.05, 0.1) is 12.6 Å². The molecule has 5 N–H and O–H groups in total. The smallest absolute Gasteiger partial charge is 0.479 e. The molecular formula is C32H32F3N3O8S. The third-order valence-corrected chi connectivity index (χ3v) is 8.37. The van der Waals surface area contributed by atoms with Gasteiger partial charge in [-0.1, -0.05) is 42.5 Å². The number of anilines is 1. The number of hydrogen-bond acceptors (Lipinski definition) is 7. The Morgan fingerprint density at radius 1 is 0.957 bits per heavy atom. The summed E-state index contributed by atoms with van der Waals surface area (Å²) in [5.74, 6) is -3.07. The van der Waals surface area contributed by atoms with E-state index in [4.69, 9.17) is 5.11 Å². The maximum absolute atomic E-state index is 13.2. The lowest BCUT2D eigenvalue weighted by molar-refractivity contribution is -0.275. The fourth-order valence-electron chi connectivity index (χ4n) is 4.94. The van der Waals surface area contributed by atoms with Gasteiger partial charge in [-0.25, -0.2) is 18.0 Å². The van der Waals surface area contributed by atoms with Crippen LogP contribution in [0, 0.1) is 0 Å². The molecular weight excluding hydrogens is 643 g/mol. The second-order valence-electron chi connectivity index (χ2n) is 10.8. The van der Waals surface area contributed by atoms with Crippen molar-refractivity contribution >= 4 is 39.0 Å². The quantitative estimate of drug-likeness (QED) is 0.188. The molecule has 47 heavy (non-hydrogen) atoms. The minimum atomic E-state index is -5.14. The number of carboxylic acid groups (broad SMARTS) is 1. The van der Waals surface area contributed by atoms with Crippen LogP contribution in [-0.4, -0.2) is 61.8 Å². The van der Waals surface area contributed by atoms with Gasteiger partial charge in [0.25, 0.3) is 5.91 Å². The van der Waals surface area contributed by atoms with E-state index in [1.165, 1.54) is 17.7 Å². The molecule has 11 nitrogen and oxygen atoms in total. The number of carbonyl (C=O) groups excluding carboxylic acids is 2. The fourth-order valence-corrected chi connectivity index (χ4v) is 5.75. The number of aliphatic hydroxyl groups excluding tert-OH is 1. The molecule has 1 unspecified atom stereocenters. The van der Waals surface area contributed by atoms with Gasteiger partial charge in [0, 0.05) is 17.5 Å². The standard InChI is InChI=1S/C32H32F3N3O8S/c1-47(44,45)27-17-24(15-16-26(27)46-32(33,34)35)37-31(43)38-28(21-9-7-20(8-10-21)19-5-3-2-4-6-19)22-11-13-23(14-12-22)29(40)36-18-25(39)30(41)42/h5,7-17,25,28,39H,2-4,6,18H2,1H3,(H,36,40)(H,41,42)(H2,37,38,43)/t25-,28?/m1/s1. The van der Waals surface area contributed by atoms with E-state index in [-0.39, 0.29) is 11.3 Å². The first-order valence-electron chi connectivity index (χ1n) is 14.4. The van der Waals surface area contributed by atoms with Crippen LogP contribution in [0.3, 0.4) is 0 Å². The molecule has 2 atom stereocenters. The van der Waals surface area contributed by atoms with Crippen LogP contribution >= 0.6 is 0 Å². The number of halogens is 3. The van der Waals surface area contributed by atoms with Gasteiger partial charge in [-0.2, -0.15) is 0 Å². The minimum absolute atomic E-state index is 0.119. The summed E-state index contributed by atoms with van der Waals surface area (Å²) < 4.78 is 66.7. The molecule has 0 saturated heterocycles. The number of ether oxygens (including phenoxy) is 1. The highest BCUT2D eigenvalue weighted by molar-refractivity contribution is 7.90. The molecule has 0 spiro atoms. The number of carboxylic acids is 1. The molecule has 15 heteroatoms. The Hall–Kier alpha value is -4.89. The molecule has 0 saturated carbocycles. The van der Waals surface area contributed by atoms with E-state index in [2.05, 4.69) is 26.8 Å². The monoisotopic (exact) mass is 675 g/mol. The maximum Gasteiger partial charge on any atom is 0.573 e. The predicted octanol–water partition coefficient (Wildman–Crippen LogP) is 5.03. The molecule has 0 aromatic heterocycles. The highest BCUT2D eigenvalue weighted by Crippen LogP contribution is 2.33. The normalized spacial score (nSPS) is 14.7.